The second kappa shape index (κ2) is 16.8. The summed E-state index contributed by atoms with van der Waals surface area (Å²) in [6.07, 6.45) is 6.56. The molecule has 2 aliphatic rings. The van der Waals surface area contributed by atoms with Crippen LogP contribution in [0.2, 0.25) is 0 Å². The minimum atomic E-state index is -0.535. The number of nitrogens with zero attached hydrogens (tertiary/aromatic N) is 1. The molecule has 8 heteroatoms. The van der Waals surface area contributed by atoms with E-state index in [-0.39, 0.29) is 30.3 Å². The van der Waals surface area contributed by atoms with Crippen molar-refractivity contribution in [3.63, 3.8) is 0 Å². The smallest absolute Gasteiger partial charge is 0.340 e. The summed E-state index contributed by atoms with van der Waals surface area (Å²) in [5.41, 5.74) is 3.82. The molecule has 1 saturated carbocycles. The van der Waals surface area contributed by atoms with Crippen LogP contribution in [-0.2, 0) is 35.1 Å². The van der Waals surface area contributed by atoms with Crippen molar-refractivity contribution < 1.29 is 33.3 Å². The van der Waals surface area contributed by atoms with Crippen LogP contribution in [0.25, 0.3) is 11.1 Å². The Labute approximate surface area is 264 Å². The number of benzene rings is 3. The molecule has 236 valence electrons. The molecule has 0 N–H and O–H groups in total. The third kappa shape index (κ3) is 9.44. The Morgan fingerprint density at radius 3 is 2.22 bits per heavy atom. The zero-order valence-corrected chi connectivity index (χ0v) is 25.6. The number of ether oxygens (including phenoxy) is 4. The largest absolute Gasteiger partial charge is 0.428 e. The van der Waals surface area contributed by atoms with E-state index in [1.807, 2.05) is 24.3 Å². The lowest BCUT2D eigenvalue weighted by molar-refractivity contribution is -0.152. The lowest BCUT2D eigenvalue weighted by Crippen LogP contribution is -2.49. The summed E-state index contributed by atoms with van der Waals surface area (Å²) >= 11 is 0. The first-order valence-corrected chi connectivity index (χ1v) is 15.7. The highest BCUT2D eigenvalue weighted by Gasteiger charge is 2.45. The van der Waals surface area contributed by atoms with Crippen molar-refractivity contribution in [3.8, 4) is 11.1 Å². The molecule has 45 heavy (non-hydrogen) atoms. The fraction of sp³-hybridized carbons (Fsp3) is 0.378. The molecule has 0 bridgehead atoms. The molecule has 1 saturated heterocycles. The van der Waals surface area contributed by atoms with E-state index in [0.29, 0.717) is 38.2 Å². The summed E-state index contributed by atoms with van der Waals surface area (Å²) in [6, 6.07) is 27.1. The standard InChI is InChI=1S/C37H41NO7/c39-33-25-34(43-26-28-17-19-30(20-18-28)29-11-5-3-6-12-29)32(36(33)38-21-23-42-24-22-38)15-9-1-2-10-16-35(40)44-27-45-37(41)31-13-7-4-8-14-31/h1-8,11-14,17-20,32,34,36H,9-10,15-16,21-27H2/b2-1-/t32?,34-,36+/m0/s1. The Hall–Kier alpha value is -4.11. The summed E-state index contributed by atoms with van der Waals surface area (Å²) in [6.45, 7) is 2.82. The van der Waals surface area contributed by atoms with E-state index in [9.17, 15) is 14.4 Å². The average molecular weight is 612 g/mol. The van der Waals surface area contributed by atoms with Gasteiger partial charge in [-0.15, -0.1) is 0 Å². The fourth-order valence-corrected chi connectivity index (χ4v) is 6.00. The van der Waals surface area contributed by atoms with Crippen LogP contribution >= 0.6 is 0 Å². The van der Waals surface area contributed by atoms with Gasteiger partial charge in [-0.1, -0.05) is 84.9 Å². The van der Waals surface area contributed by atoms with Gasteiger partial charge in [-0.3, -0.25) is 14.5 Å². The Morgan fingerprint density at radius 1 is 0.822 bits per heavy atom. The van der Waals surface area contributed by atoms with Crippen molar-refractivity contribution in [2.75, 3.05) is 33.1 Å². The number of esters is 2. The maximum absolute atomic E-state index is 13.3. The van der Waals surface area contributed by atoms with Gasteiger partial charge in [-0.05, 0) is 48.1 Å². The summed E-state index contributed by atoms with van der Waals surface area (Å²) in [5, 5.41) is 0. The predicted molar refractivity (Wildman–Crippen MR) is 170 cm³/mol. The highest BCUT2D eigenvalue weighted by atomic mass is 16.7. The van der Waals surface area contributed by atoms with Crippen molar-refractivity contribution >= 4 is 17.7 Å². The van der Waals surface area contributed by atoms with Crippen molar-refractivity contribution in [2.45, 2.75) is 50.9 Å². The third-order valence-corrected chi connectivity index (χ3v) is 8.35. The van der Waals surface area contributed by atoms with Gasteiger partial charge < -0.3 is 18.9 Å². The monoisotopic (exact) mass is 611 g/mol. The molecule has 1 aliphatic carbocycles. The van der Waals surface area contributed by atoms with Crippen LogP contribution in [-0.4, -0.2) is 67.9 Å². The molecule has 0 spiro atoms. The predicted octanol–water partition coefficient (Wildman–Crippen LogP) is 6.00. The summed E-state index contributed by atoms with van der Waals surface area (Å²) in [4.78, 5) is 39.5. The number of allylic oxidation sites excluding steroid dienone is 2. The van der Waals surface area contributed by atoms with E-state index < -0.39 is 18.7 Å². The molecule has 3 atom stereocenters. The highest BCUT2D eigenvalue weighted by molar-refractivity contribution is 5.89. The first-order chi connectivity index (χ1) is 22.1. The van der Waals surface area contributed by atoms with Crippen LogP contribution in [0, 0.1) is 5.92 Å². The topological polar surface area (TPSA) is 91.4 Å². The Balaban J connectivity index is 1.08. The van der Waals surface area contributed by atoms with E-state index >= 15 is 0 Å². The van der Waals surface area contributed by atoms with Crippen LogP contribution < -0.4 is 0 Å². The number of hydrogen-bond acceptors (Lipinski definition) is 8. The quantitative estimate of drug-likeness (QED) is 0.125. The van der Waals surface area contributed by atoms with Crippen molar-refractivity contribution in [2.24, 2.45) is 5.92 Å². The molecule has 1 unspecified atom stereocenters. The Morgan fingerprint density at radius 2 is 1.49 bits per heavy atom. The maximum atomic E-state index is 13.3. The molecule has 1 aliphatic heterocycles. The fourth-order valence-electron chi connectivity index (χ4n) is 6.00. The van der Waals surface area contributed by atoms with Gasteiger partial charge >= 0.3 is 11.9 Å². The van der Waals surface area contributed by atoms with Gasteiger partial charge in [0.05, 0.1) is 37.5 Å². The van der Waals surface area contributed by atoms with E-state index in [0.717, 1.165) is 37.1 Å². The number of ketones is 1. The second-order valence-corrected chi connectivity index (χ2v) is 11.4. The first kappa shape index (κ1) is 32.3. The summed E-state index contributed by atoms with van der Waals surface area (Å²) in [7, 11) is 0. The molecule has 8 nitrogen and oxygen atoms in total. The van der Waals surface area contributed by atoms with Gasteiger partial charge in [0.2, 0.25) is 6.79 Å². The van der Waals surface area contributed by atoms with Gasteiger partial charge in [0.15, 0.2) is 5.78 Å². The highest BCUT2D eigenvalue weighted by Crippen LogP contribution is 2.35. The number of rotatable bonds is 14. The molecular formula is C37H41NO7. The molecule has 1 heterocycles. The van der Waals surface area contributed by atoms with E-state index in [1.165, 1.54) is 5.56 Å². The Bertz CT molecular complexity index is 1400. The molecule has 2 fully saturated rings. The molecule has 0 radical (unpaired) electrons. The Kier molecular flexibility index (Phi) is 12.1. The average Bonchev–Trinajstić information content (AvgIpc) is 3.41. The van der Waals surface area contributed by atoms with Crippen LogP contribution in [0.15, 0.2) is 97.1 Å². The van der Waals surface area contributed by atoms with Crippen LogP contribution in [0.3, 0.4) is 0 Å². The molecule has 0 amide bonds. The normalized spacial score (nSPS) is 20.4. The van der Waals surface area contributed by atoms with Gasteiger partial charge in [-0.2, -0.15) is 0 Å². The molecular weight excluding hydrogens is 570 g/mol. The summed E-state index contributed by atoms with van der Waals surface area (Å²) < 4.78 is 22.0. The minimum absolute atomic E-state index is 0.0770. The van der Waals surface area contributed by atoms with Crippen molar-refractivity contribution in [1.29, 1.82) is 0 Å². The number of carbonyl (C=O) groups is 3. The van der Waals surface area contributed by atoms with Crippen molar-refractivity contribution in [1.82, 2.24) is 4.90 Å². The van der Waals surface area contributed by atoms with Gasteiger partial charge in [0, 0.05) is 31.8 Å². The van der Waals surface area contributed by atoms with Gasteiger partial charge in [-0.25, -0.2) is 4.79 Å². The number of hydrogen-bond donors (Lipinski definition) is 0. The van der Waals surface area contributed by atoms with E-state index in [4.69, 9.17) is 18.9 Å². The SMILES string of the molecule is O=C(CC/C=C\CCC1[C@@H](OCc2ccc(-c3ccccc3)cc2)CC(=O)[C@@H]1N1CCOCC1)OCOC(=O)c1ccccc1. The molecule has 3 aromatic carbocycles. The lowest BCUT2D eigenvalue weighted by Gasteiger charge is -2.35. The minimum Gasteiger partial charge on any atom is -0.428 e. The van der Waals surface area contributed by atoms with Crippen LogP contribution in [0.5, 0.6) is 0 Å². The maximum Gasteiger partial charge on any atom is 0.340 e. The van der Waals surface area contributed by atoms with Gasteiger partial charge in [0.25, 0.3) is 0 Å². The number of carbonyl (C=O) groups excluding carboxylic acids is 3. The first-order valence-electron chi connectivity index (χ1n) is 15.7. The zero-order chi connectivity index (χ0) is 31.3. The van der Waals surface area contributed by atoms with Crippen molar-refractivity contribution in [3.05, 3.63) is 108 Å². The van der Waals surface area contributed by atoms with Gasteiger partial charge in [0.1, 0.15) is 0 Å². The zero-order valence-electron chi connectivity index (χ0n) is 25.6. The number of morpholine rings is 1. The van der Waals surface area contributed by atoms with E-state index in [1.54, 1.807) is 30.3 Å². The lowest BCUT2D eigenvalue weighted by atomic mass is 9.93. The van der Waals surface area contributed by atoms with Crippen LogP contribution in [0.1, 0.15) is 48.0 Å². The molecule has 5 rings (SSSR count). The molecule has 3 aromatic rings. The van der Waals surface area contributed by atoms with E-state index in [2.05, 4.69) is 47.4 Å². The van der Waals surface area contributed by atoms with Crippen LogP contribution in [0.4, 0.5) is 0 Å². The third-order valence-electron chi connectivity index (χ3n) is 8.35. The summed E-state index contributed by atoms with van der Waals surface area (Å²) in [5.74, 6) is -0.647. The second-order valence-electron chi connectivity index (χ2n) is 11.4. The number of Topliss-reactive ketones (excluding diaryl/α,β-unsaturated/α-hetero) is 1. The molecule has 0 aromatic heterocycles.